The number of ether oxygens (including phenoxy) is 1. The summed E-state index contributed by atoms with van der Waals surface area (Å²) in [6, 6.07) is 13.1. The Kier molecular flexibility index (Phi) is 7.01. The van der Waals surface area contributed by atoms with Crippen LogP contribution in [-0.4, -0.2) is 57.3 Å². The van der Waals surface area contributed by atoms with Crippen molar-refractivity contribution in [1.82, 2.24) is 10.2 Å². The van der Waals surface area contributed by atoms with Gasteiger partial charge in [-0.25, -0.2) is 4.79 Å². The number of aryl methyl sites for hydroxylation is 1. The van der Waals surface area contributed by atoms with Crippen LogP contribution in [0, 0.1) is 6.92 Å². The maximum absolute atomic E-state index is 12.0. The number of carbonyl (C=O) groups is 1. The molecule has 1 saturated heterocycles. The first-order valence-corrected chi connectivity index (χ1v) is 9.85. The summed E-state index contributed by atoms with van der Waals surface area (Å²) in [5.74, 6) is 0.762. The van der Waals surface area contributed by atoms with E-state index in [4.69, 9.17) is 16.3 Å². The molecule has 1 fully saturated rings. The van der Waals surface area contributed by atoms with Crippen molar-refractivity contribution in [2.24, 2.45) is 0 Å². The maximum atomic E-state index is 12.0. The fourth-order valence-electron chi connectivity index (χ4n) is 3.31. The summed E-state index contributed by atoms with van der Waals surface area (Å²) in [6.45, 7) is 7.40. The Morgan fingerprint density at radius 3 is 2.50 bits per heavy atom. The van der Waals surface area contributed by atoms with Gasteiger partial charge in [-0.05, 0) is 48.9 Å². The normalized spacial score (nSPS) is 14.6. The molecule has 2 amide bonds. The van der Waals surface area contributed by atoms with E-state index in [0.717, 1.165) is 49.2 Å². The van der Waals surface area contributed by atoms with E-state index in [9.17, 15) is 4.79 Å². The van der Waals surface area contributed by atoms with Gasteiger partial charge in [-0.3, -0.25) is 4.90 Å². The first-order valence-electron chi connectivity index (χ1n) is 9.47. The van der Waals surface area contributed by atoms with Gasteiger partial charge in [-0.2, -0.15) is 0 Å². The lowest BCUT2D eigenvalue weighted by atomic mass is 10.1. The van der Waals surface area contributed by atoms with Crippen LogP contribution in [0.1, 0.15) is 5.56 Å². The highest BCUT2D eigenvalue weighted by atomic mass is 35.5. The van der Waals surface area contributed by atoms with Crippen molar-refractivity contribution < 1.29 is 9.53 Å². The molecule has 0 spiro atoms. The SMILES string of the molecule is COc1ccc(NC(=O)NCCN2CCN(c3cc(Cl)ccc3C)CC2)cc1. The van der Waals surface area contributed by atoms with Gasteiger partial charge in [0.1, 0.15) is 5.75 Å². The first kappa shape index (κ1) is 20.3. The summed E-state index contributed by atoms with van der Waals surface area (Å²) < 4.78 is 5.11. The largest absolute Gasteiger partial charge is 0.497 e. The molecule has 0 radical (unpaired) electrons. The Balaban J connectivity index is 1.38. The van der Waals surface area contributed by atoms with Gasteiger partial charge in [0.05, 0.1) is 7.11 Å². The molecule has 0 unspecified atom stereocenters. The number of nitrogens with one attached hydrogen (secondary N) is 2. The van der Waals surface area contributed by atoms with Gasteiger partial charge in [0.15, 0.2) is 0 Å². The fourth-order valence-corrected chi connectivity index (χ4v) is 3.48. The number of urea groups is 1. The Hall–Kier alpha value is -2.44. The summed E-state index contributed by atoms with van der Waals surface area (Å²) in [5, 5.41) is 6.51. The van der Waals surface area contributed by atoms with Crippen LogP contribution in [0.3, 0.4) is 0 Å². The summed E-state index contributed by atoms with van der Waals surface area (Å²) >= 11 is 6.15. The number of nitrogens with zero attached hydrogens (tertiary/aromatic N) is 2. The van der Waals surface area contributed by atoms with E-state index >= 15 is 0 Å². The van der Waals surface area contributed by atoms with Gasteiger partial charge in [-0.15, -0.1) is 0 Å². The smallest absolute Gasteiger partial charge is 0.319 e. The lowest BCUT2D eigenvalue weighted by Crippen LogP contribution is -2.48. The van der Waals surface area contributed by atoms with Gasteiger partial charge >= 0.3 is 6.03 Å². The molecule has 28 heavy (non-hydrogen) atoms. The minimum atomic E-state index is -0.196. The first-order chi connectivity index (χ1) is 13.5. The number of rotatable bonds is 6. The quantitative estimate of drug-likeness (QED) is 0.775. The Bertz CT molecular complexity index is 789. The highest BCUT2D eigenvalue weighted by molar-refractivity contribution is 6.30. The predicted octanol–water partition coefficient (Wildman–Crippen LogP) is 3.60. The highest BCUT2D eigenvalue weighted by Gasteiger charge is 2.18. The van der Waals surface area contributed by atoms with Gasteiger partial charge in [0.25, 0.3) is 0 Å². The van der Waals surface area contributed by atoms with E-state index in [0.29, 0.717) is 6.54 Å². The predicted molar refractivity (Wildman–Crippen MR) is 115 cm³/mol. The second-order valence-corrected chi connectivity index (χ2v) is 7.31. The third kappa shape index (κ3) is 5.53. The minimum absolute atomic E-state index is 0.196. The average Bonchev–Trinajstić information content (AvgIpc) is 2.71. The zero-order valence-electron chi connectivity index (χ0n) is 16.4. The molecule has 0 saturated carbocycles. The molecule has 3 rings (SSSR count). The van der Waals surface area contributed by atoms with Crippen molar-refractivity contribution in [3.05, 3.63) is 53.1 Å². The molecule has 1 aliphatic rings. The zero-order chi connectivity index (χ0) is 19.9. The topological polar surface area (TPSA) is 56.8 Å². The number of hydrogen-bond donors (Lipinski definition) is 2. The number of halogens is 1. The number of anilines is 2. The Morgan fingerprint density at radius 1 is 1.11 bits per heavy atom. The van der Waals surface area contributed by atoms with Crippen LogP contribution in [0.25, 0.3) is 0 Å². The Morgan fingerprint density at radius 2 is 1.82 bits per heavy atom. The highest BCUT2D eigenvalue weighted by Crippen LogP contribution is 2.25. The van der Waals surface area contributed by atoms with Crippen LogP contribution in [0.5, 0.6) is 5.75 Å². The number of carbonyl (C=O) groups excluding carboxylic acids is 1. The molecule has 7 heteroatoms. The number of piperazine rings is 1. The average molecular weight is 403 g/mol. The maximum Gasteiger partial charge on any atom is 0.319 e. The van der Waals surface area contributed by atoms with Crippen molar-refractivity contribution in [2.45, 2.75) is 6.92 Å². The molecule has 6 nitrogen and oxygen atoms in total. The molecule has 0 atom stereocenters. The summed E-state index contributed by atoms with van der Waals surface area (Å²) in [5.41, 5.74) is 3.20. The van der Waals surface area contributed by atoms with Crippen LogP contribution < -0.4 is 20.3 Å². The van der Waals surface area contributed by atoms with Gasteiger partial charge in [0.2, 0.25) is 0 Å². The van der Waals surface area contributed by atoms with E-state index in [1.807, 2.05) is 36.4 Å². The fraction of sp³-hybridized carbons (Fsp3) is 0.381. The van der Waals surface area contributed by atoms with Crippen molar-refractivity contribution in [1.29, 1.82) is 0 Å². The van der Waals surface area contributed by atoms with Crippen LogP contribution in [0.4, 0.5) is 16.2 Å². The van der Waals surface area contributed by atoms with Crippen LogP contribution in [0.15, 0.2) is 42.5 Å². The molecule has 2 aromatic carbocycles. The molecule has 150 valence electrons. The molecule has 1 heterocycles. The van der Waals surface area contributed by atoms with E-state index < -0.39 is 0 Å². The third-order valence-electron chi connectivity index (χ3n) is 4.95. The van der Waals surface area contributed by atoms with Crippen molar-refractivity contribution >= 4 is 29.0 Å². The van der Waals surface area contributed by atoms with E-state index in [1.165, 1.54) is 11.3 Å². The molecular weight excluding hydrogens is 376 g/mol. The molecule has 0 bridgehead atoms. The molecule has 0 aromatic heterocycles. The van der Waals surface area contributed by atoms with E-state index in [-0.39, 0.29) is 6.03 Å². The number of hydrogen-bond acceptors (Lipinski definition) is 4. The zero-order valence-corrected chi connectivity index (χ0v) is 17.1. The molecule has 0 aliphatic carbocycles. The number of methoxy groups -OCH3 is 1. The van der Waals surface area contributed by atoms with Crippen molar-refractivity contribution in [3.63, 3.8) is 0 Å². The van der Waals surface area contributed by atoms with Crippen molar-refractivity contribution in [3.8, 4) is 5.75 Å². The molecule has 2 aromatic rings. The lowest BCUT2D eigenvalue weighted by Gasteiger charge is -2.36. The molecular formula is C21H27ClN4O2. The minimum Gasteiger partial charge on any atom is -0.497 e. The summed E-state index contributed by atoms with van der Waals surface area (Å²) in [7, 11) is 1.62. The van der Waals surface area contributed by atoms with E-state index in [1.54, 1.807) is 7.11 Å². The molecule has 2 N–H and O–H groups in total. The van der Waals surface area contributed by atoms with Gasteiger partial charge < -0.3 is 20.3 Å². The van der Waals surface area contributed by atoms with Crippen molar-refractivity contribution in [2.75, 3.05) is 56.6 Å². The number of amides is 2. The lowest BCUT2D eigenvalue weighted by molar-refractivity contribution is 0.240. The second-order valence-electron chi connectivity index (χ2n) is 6.87. The summed E-state index contributed by atoms with van der Waals surface area (Å²) in [4.78, 5) is 16.8. The van der Waals surface area contributed by atoms with E-state index in [2.05, 4.69) is 33.4 Å². The summed E-state index contributed by atoms with van der Waals surface area (Å²) in [6.07, 6.45) is 0. The van der Waals surface area contributed by atoms with Crippen LogP contribution >= 0.6 is 11.6 Å². The monoisotopic (exact) mass is 402 g/mol. The Labute approximate surface area is 171 Å². The second kappa shape index (κ2) is 9.66. The molecule has 1 aliphatic heterocycles. The van der Waals surface area contributed by atoms with Crippen LogP contribution in [0.2, 0.25) is 5.02 Å². The van der Waals surface area contributed by atoms with Gasteiger partial charge in [0, 0.05) is 55.7 Å². The third-order valence-corrected chi connectivity index (χ3v) is 5.18. The number of benzene rings is 2. The standard InChI is InChI=1S/C21H27ClN4O2/c1-16-3-4-17(22)15-20(16)26-13-11-25(12-14-26)10-9-23-21(27)24-18-5-7-19(28-2)8-6-18/h3-8,15H,9-14H2,1-2H3,(H2,23,24,27). The van der Waals surface area contributed by atoms with Gasteiger partial charge in [-0.1, -0.05) is 17.7 Å². The van der Waals surface area contributed by atoms with Crippen LogP contribution in [-0.2, 0) is 0 Å².